The molecule has 0 atom stereocenters. The van der Waals surface area contributed by atoms with Crippen LogP contribution in [0.5, 0.6) is 0 Å². The highest BCUT2D eigenvalue weighted by Crippen LogP contribution is 2.29. The Balaban J connectivity index is 1.93. The van der Waals surface area contributed by atoms with Crippen LogP contribution >= 0.6 is 11.3 Å². The summed E-state index contributed by atoms with van der Waals surface area (Å²) in [5.74, 6) is -1.30. The lowest BCUT2D eigenvalue weighted by molar-refractivity contribution is 0.0691. The zero-order chi connectivity index (χ0) is 14.1. The van der Waals surface area contributed by atoms with Gasteiger partial charge in [0.2, 0.25) is 0 Å². The molecule has 0 saturated carbocycles. The van der Waals surface area contributed by atoms with Gasteiger partial charge in [0.25, 0.3) is 0 Å². The van der Waals surface area contributed by atoms with Gasteiger partial charge in [0.1, 0.15) is 16.5 Å². The van der Waals surface area contributed by atoms with Crippen LogP contribution in [0, 0.1) is 5.82 Å². The summed E-state index contributed by atoms with van der Waals surface area (Å²) in [6.07, 6.45) is 1.60. The van der Waals surface area contributed by atoms with Crippen molar-refractivity contribution >= 4 is 17.3 Å². The zero-order valence-corrected chi connectivity index (χ0v) is 10.9. The second-order valence-corrected chi connectivity index (χ2v) is 5.01. The van der Waals surface area contributed by atoms with Gasteiger partial charge in [-0.3, -0.25) is 0 Å². The molecule has 0 aliphatic rings. The molecule has 0 bridgehead atoms. The fourth-order valence-corrected chi connectivity index (χ4v) is 2.63. The Labute approximate surface area is 117 Å². The number of rotatable bonds is 3. The maximum Gasteiger partial charge on any atom is 0.352 e. The van der Waals surface area contributed by atoms with Gasteiger partial charge in [-0.2, -0.15) is 0 Å². The van der Waals surface area contributed by atoms with E-state index in [-0.39, 0.29) is 11.5 Å². The number of benzene rings is 1. The van der Waals surface area contributed by atoms with Gasteiger partial charge in [0, 0.05) is 22.7 Å². The van der Waals surface area contributed by atoms with E-state index in [4.69, 9.17) is 5.11 Å². The largest absolute Gasteiger partial charge is 0.477 e. The number of aromatic carboxylic acids is 1. The molecule has 0 amide bonds. The Hall–Kier alpha value is -2.47. The molecule has 3 aromatic rings. The van der Waals surface area contributed by atoms with Gasteiger partial charge in [-0.15, -0.1) is 11.3 Å². The van der Waals surface area contributed by atoms with Gasteiger partial charge >= 0.3 is 5.97 Å². The number of hydrogen-bond donors (Lipinski definition) is 2. The molecular formula is C14H9FN2O2S. The molecule has 4 nitrogen and oxygen atoms in total. The van der Waals surface area contributed by atoms with Crippen molar-refractivity contribution in [3.8, 4) is 21.8 Å². The van der Waals surface area contributed by atoms with E-state index in [0.717, 1.165) is 10.6 Å². The lowest BCUT2D eigenvalue weighted by Crippen LogP contribution is -1.94. The standard InChI is InChI=1S/C14H9FN2O2S/c15-10-3-1-8(2-4-10)13-17-12(7-20-13)9-5-11(14(18)19)16-6-9/h1-7,16H,(H,18,19). The molecule has 0 spiro atoms. The van der Waals surface area contributed by atoms with Crippen LogP contribution < -0.4 is 0 Å². The second-order valence-electron chi connectivity index (χ2n) is 4.15. The summed E-state index contributed by atoms with van der Waals surface area (Å²) in [5.41, 5.74) is 2.36. The monoisotopic (exact) mass is 288 g/mol. The molecule has 0 unspecified atom stereocenters. The fraction of sp³-hybridized carbons (Fsp3) is 0. The number of aromatic nitrogens is 2. The molecule has 1 aromatic carbocycles. The number of aromatic amines is 1. The molecule has 0 radical (unpaired) electrons. The predicted octanol–water partition coefficient (Wildman–Crippen LogP) is 3.64. The summed E-state index contributed by atoms with van der Waals surface area (Å²) in [7, 11) is 0. The van der Waals surface area contributed by atoms with Crippen LogP contribution in [0.25, 0.3) is 21.8 Å². The normalized spacial score (nSPS) is 10.7. The number of carbonyl (C=O) groups is 1. The van der Waals surface area contributed by atoms with E-state index in [1.807, 2.05) is 5.38 Å². The minimum Gasteiger partial charge on any atom is -0.477 e. The van der Waals surface area contributed by atoms with Gasteiger partial charge in [-0.05, 0) is 30.3 Å². The van der Waals surface area contributed by atoms with Crippen LogP contribution in [0.4, 0.5) is 4.39 Å². The van der Waals surface area contributed by atoms with E-state index in [9.17, 15) is 9.18 Å². The van der Waals surface area contributed by atoms with Crippen molar-refractivity contribution in [3.63, 3.8) is 0 Å². The topological polar surface area (TPSA) is 66.0 Å². The minimum absolute atomic E-state index is 0.122. The van der Waals surface area contributed by atoms with Gasteiger partial charge in [-0.1, -0.05) is 0 Å². The number of hydrogen-bond acceptors (Lipinski definition) is 3. The third kappa shape index (κ3) is 2.33. The van der Waals surface area contributed by atoms with Crippen LogP contribution in [0.3, 0.4) is 0 Å². The SMILES string of the molecule is O=C(O)c1cc(-c2csc(-c3ccc(F)cc3)n2)c[nH]1. The highest BCUT2D eigenvalue weighted by molar-refractivity contribution is 7.13. The Morgan fingerprint density at radius 3 is 2.65 bits per heavy atom. The van der Waals surface area contributed by atoms with Crippen molar-refractivity contribution < 1.29 is 14.3 Å². The molecule has 0 aliphatic carbocycles. The summed E-state index contributed by atoms with van der Waals surface area (Å²) in [6.45, 7) is 0. The van der Waals surface area contributed by atoms with E-state index in [2.05, 4.69) is 9.97 Å². The van der Waals surface area contributed by atoms with E-state index in [1.165, 1.54) is 29.5 Å². The average molecular weight is 288 g/mol. The van der Waals surface area contributed by atoms with Gasteiger partial charge in [0.05, 0.1) is 5.69 Å². The van der Waals surface area contributed by atoms with Crippen LogP contribution in [-0.2, 0) is 0 Å². The maximum absolute atomic E-state index is 12.9. The quantitative estimate of drug-likeness (QED) is 0.773. The first kappa shape index (κ1) is 12.6. The van der Waals surface area contributed by atoms with Gasteiger partial charge < -0.3 is 10.1 Å². The summed E-state index contributed by atoms with van der Waals surface area (Å²) in [5, 5.41) is 11.5. The molecular weight excluding hydrogens is 279 g/mol. The first-order chi connectivity index (χ1) is 9.63. The molecule has 0 saturated heterocycles. The third-order valence-corrected chi connectivity index (χ3v) is 3.70. The molecule has 6 heteroatoms. The molecule has 2 N–H and O–H groups in total. The van der Waals surface area contributed by atoms with Crippen molar-refractivity contribution in [2.75, 3.05) is 0 Å². The molecule has 2 aromatic heterocycles. The number of nitrogens with zero attached hydrogens (tertiary/aromatic N) is 1. The molecule has 100 valence electrons. The number of nitrogens with one attached hydrogen (secondary N) is 1. The average Bonchev–Trinajstić information content (AvgIpc) is 3.08. The predicted molar refractivity (Wildman–Crippen MR) is 74.3 cm³/mol. The van der Waals surface area contributed by atoms with Crippen LogP contribution in [0.15, 0.2) is 41.9 Å². The fourth-order valence-electron chi connectivity index (χ4n) is 1.80. The van der Waals surface area contributed by atoms with Crippen LogP contribution in [0.2, 0.25) is 0 Å². The van der Waals surface area contributed by atoms with E-state index in [1.54, 1.807) is 18.3 Å². The van der Waals surface area contributed by atoms with Crippen molar-refractivity contribution in [1.29, 1.82) is 0 Å². The van der Waals surface area contributed by atoms with Crippen molar-refractivity contribution in [1.82, 2.24) is 9.97 Å². The van der Waals surface area contributed by atoms with Crippen LogP contribution in [0.1, 0.15) is 10.5 Å². The number of H-pyrrole nitrogens is 1. The van der Waals surface area contributed by atoms with Gasteiger partial charge in [-0.25, -0.2) is 14.2 Å². The van der Waals surface area contributed by atoms with Crippen molar-refractivity contribution in [2.24, 2.45) is 0 Å². The highest BCUT2D eigenvalue weighted by Gasteiger charge is 2.11. The first-order valence-electron chi connectivity index (χ1n) is 5.77. The molecule has 0 aliphatic heterocycles. The summed E-state index contributed by atoms with van der Waals surface area (Å²) < 4.78 is 12.9. The number of halogens is 1. The van der Waals surface area contributed by atoms with Crippen molar-refractivity contribution in [2.45, 2.75) is 0 Å². The van der Waals surface area contributed by atoms with Gasteiger partial charge in [0.15, 0.2) is 0 Å². The summed E-state index contributed by atoms with van der Waals surface area (Å²) in [6, 6.07) is 7.63. The van der Waals surface area contributed by atoms with E-state index < -0.39 is 5.97 Å². The number of thiazole rings is 1. The van der Waals surface area contributed by atoms with Crippen molar-refractivity contribution in [3.05, 3.63) is 53.4 Å². The molecule has 2 heterocycles. The second kappa shape index (κ2) is 4.90. The first-order valence-corrected chi connectivity index (χ1v) is 6.65. The molecule has 3 rings (SSSR count). The smallest absolute Gasteiger partial charge is 0.352 e. The Morgan fingerprint density at radius 1 is 1.25 bits per heavy atom. The minimum atomic E-state index is -1.01. The van der Waals surface area contributed by atoms with E-state index in [0.29, 0.717) is 11.3 Å². The highest BCUT2D eigenvalue weighted by atomic mass is 32.1. The molecule has 20 heavy (non-hydrogen) atoms. The lowest BCUT2D eigenvalue weighted by atomic mass is 10.2. The molecule has 0 fully saturated rings. The third-order valence-electron chi connectivity index (χ3n) is 2.80. The Morgan fingerprint density at radius 2 is 2.00 bits per heavy atom. The lowest BCUT2D eigenvalue weighted by Gasteiger charge is -1.95. The number of carboxylic acid groups (broad SMARTS) is 1. The Bertz CT molecular complexity index is 762. The number of carboxylic acids is 1. The van der Waals surface area contributed by atoms with E-state index >= 15 is 0 Å². The summed E-state index contributed by atoms with van der Waals surface area (Å²) >= 11 is 1.43. The zero-order valence-electron chi connectivity index (χ0n) is 10.1. The Kier molecular flexibility index (Phi) is 3.08. The van der Waals surface area contributed by atoms with Crippen LogP contribution in [-0.4, -0.2) is 21.0 Å². The summed E-state index contributed by atoms with van der Waals surface area (Å²) in [4.78, 5) is 17.9. The maximum atomic E-state index is 12.9.